The summed E-state index contributed by atoms with van der Waals surface area (Å²) in [5, 5.41) is 12.2. The van der Waals surface area contributed by atoms with E-state index in [1.165, 1.54) is 12.3 Å². The average Bonchev–Trinajstić information content (AvgIpc) is 3.09. The van der Waals surface area contributed by atoms with Gasteiger partial charge in [0.15, 0.2) is 11.3 Å². The van der Waals surface area contributed by atoms with Crippen molar-refractivity contribution in [2.75, 3.05) is 5.32 Å². The topological polar surface area (TPSA) is 97.5 Å². The van der Waals surface area contributed by atoms with Crippen LogP contribution < -0.4 is 10.1 Å². The van der Waals surface area contributed by atoms with Crippen molar-refractivity contribution in [1.82, 2.24) is 9.97 Å². The smallest absolute Gasteiger partial charge is 0.354 e. The molecule has 0 aliphatic rings. The summed E-state index contributed by atoms with van der Waals surface area (Å²) in [5.41, 5.74) is 2.30. The summed E-state index contributed by atoms with van der Waals surface area (Å²) < 4.78 is 11.4. The van der Waals surface area contributed by atoms with E-state index < -0.39 is 5.97 Å². The number of rotatable bonds is 6. The molecule has 134 valence electrons. The van der Waals surface area contributed by atoms with E-state index in [4.69, 9.17) is 14.3 Å². The minimum absolute atomic E-state index is 0.0827. The fraction of sp³-hybridized carbons (Fsp3) is 0.0500. The molecule has 7 nitrogen and oxygen atoms in total. The molecule has 0 amide bonds. The molecule has 0 radical (unpaired) electrons. The zero-order valence-electron chi connectivity index (χ0n) is 14.1. The van der Waals surface area contributed by atoms with E-state index in [1.54, 1.807) is 24.3 Å². The van der Waals surface area contributed by atoms with Crippen molar-refractivity contribution in [2.45, 2.75) is 6.54 Å². The first kappa shape index (κ1) is 16.6. The van der Waals surface area contributed by atoms with Gasteiger partial charge in [0.2, 0.25) is 0 Å². The Labute approximate surface area is 154 Å². The van der Waals surface area contributed by atoms with E-state index >= 15 is 0 Å². The number of hydrogen-bond donors (Lipinski definition) is 2. The van der Waals surface area contributed by atoms with Gasteiger partial charge in [-0.1, -0.05) is 30.3 Å². The first-order valence-corrected chi connectivity index (χ1v) is 8.23. The van der Waals surface area contributed by atoms with Crippen LogP contribution in [0.4, 0.5) is 6.01 Å². The Morgan fingerprint density at radius 2 is 1.89 bits per heavy atom. The molecule has 4 aromatic rings. The lowest BCUT2D eigenvalue weighted by atomic mass is 10.2. The Morgan fingerprint density at radius 3 is 2.70 bits per heavy atom. The van der Waals surface area contributed by atoms with Crippen molar-refractivity contribution in [3.63, 3.8) is 0 Å². The molecule has 0 saturated carbocycles. The standard InChI is InChI=1S/C20H15N3O4/c24-19(25)17-10-15(8-9-21-17)26-14-6-7-16-18(11-14)27-20(23-16)22-12-13-4-2-1-3-5-13/h1-11H,12H2,(H,22,23)(H,24,25). The van der Waals surface area contributed by atoms with Crippen molar-refractivity contribution in [1.29, 1.82) is 0 Å². The molecule has 0 unspecified atom stereocenters. The second-order valence-electron chi connectivity index (χ2n) is 5.77. The Bertz CT molecular complexity index is 1090. The van der Waals surface area contributed by atoms with Gasteiger partial charge in [-0.15, -0.1) is 0 Å². The van der Waals surface area contributed by atoms with E-state index in [1.807, 2.05) is 30.3 Å². The fourth-order valence-corrected chi connectivity index (χ4v) is 2.55. The molecule has 0 aliphatic carbocycles. The SMILES string of the molecule is O=C(O)c1cc(Oc2ccc3nc(NCc4ccccc4)oc3c2)ccn1. The van der Waals surface area contributed by atoms with Crippen LogP contribution in [0.2, 0.25) is 0 Å². The third-order valence-corrected chi connectivity index (χ3v) is 3.83. The van der Waals surface area contributed by atoms with Crippen LogP contribution in [0.1, 0.15) is 16.1 Å². The zero-order valence-corrected chi connectivity index (χ0v) is 14.1. The van der Waals surface area contributed by atoms with Crippen molar-refractivity contribution in [2.24, 2.45) is 0 Å². The number of aromatic nitrogens is 2. The fourth-order valence-electron chi connectivity index (χ4n) is 2.55. The van der Waals surface area contributed by atoms with E-state index in [0.717, 1.165) is 5.56 Å². The molecule has 0 spiro atoms. The highest BCUT2D eigenvalue weighted by molar-refractivity contribution is 5.85. The summed E-state index contributed by atoms with van der Waals surface area (Å²) in [7, 11) is 0. The van der Waals surface area contributed by atoms with E-state index in [2.05, 4.69) is 15.3 Å². The van der Waals surface area contributed by atoms with E-state index in [0.29, 0.717) is 35.2 Å². The number of carbonyl (C=O) groups is 1. The van der Waals surface area contributed by atoms with Crippen molar-refractivity contribution >= 4 is 23.1 Å². The third-order valence-electron chi connectivity index (χ3n) is 3.83. The van der Waals surface area contributed by atoms with Gasteiger partial charge in [0.1, 0.15) is 17.0 Å². The highest BCUT2D eigenvalue weighted by Gasteiger charge is 2.09. The summed E-state index contributed by atoms with van der Waals surface area (Å²) in [6.45, 7) is 0.603. The van der Waals surface area contributed by atoms with Crippen LogP contribution in [0.5, 0.6) is 11.5 Å². The monoisotopic (exact) mass is 361 g/mol. The number of pyridine rings is 1. The van der Waals surface area contributed by atoms with Crippen molar-refractivity contribution < 1.29 is 19.1 Å². The number of carboxylic acid groups (broad SMARTS) is 1. The van der Waals surface area contributed by atoms with Gasteiger partial charge < -0.3 is 19.6 Å². The van der Waals surface area contributed by atoms with Crippen LogP contribution >= 0.6 is 0 Å². The maximum atomic E-state index is 11.0. The molecule has 2 aromatic carbocycles. The predicted octanol–water partition coefficient (Wildman–Crippen LogP) is 4.33. The summed E-state index contributed by atoms with van der Waals surface area (Å²) in [6.07, 6.45) is 1.39. The quantitative estimate of drug-likeness (QED) is 0.527. The molecule has 27 heavy (non-hydrogen) atoms. The first-order chi connectivity index (χ1) is 13.2. The molecule has 2 heterocycles. The third kappa shape index (κ3) is 3.87. The normalized spacial score (nSPS) is 10.7. The minimum Gasteiger partial charge on any atom is -0.477 e. The Balaban J connectivity index is 1.50. The lowest BCUT2D eigenvalue weighted by Gasteiger charge is -2.05. The zero-order chi connectivity index (χ0) is 18.6. The number of nitrogens with one attached hydrogen (secondary N) is 1. The molecule has 2 aromatic heterocycles. The molecule has 4 rings (SSSR count). The largest absolute Gasteiger partial charge is 0.477 e. The predicted molar refractivity (Wildman–Crippen MR) is 99.0 cm³/mol. The molecular formula is C20H15N3O4. The van der Waals surface area contributed by atoms with Gasteiger partial charge in [0.05, 0.1) is 0 Å². The van der Waals surface area contributed by atoms with Crippen molar-refractivity contribution in [3.05, 3.63) is 78.1 Å². The van der Waals surface area contributed by atoms with Crippen LogP contribution in [-0.4, -0.2) is 21.0 Å². The van der Waals surface area contributed by atoms with Gasteiger partial charge in [-0.25, -0.2) is 9.78 Å². The molecule has 7 heteroatoms. The number of hydrogen-bond acceptors (Lipinski definition) is 6. The van der Waals surface area contributed by atoms with Crippen LogP contribution in [0, 0.1) is 0 Å². The number of anilines is 1. The maximum absolute atomic E-state index is 11.0. The number of nitrogens with zero attached hydrogens (tertiary/aromatic N) is 2. The molecular weight excluding hydrogens is 346 g/mol. The van der Waals surface area contributed by atoms with Gasteiger partial charge >= 0.3 is 5.97 Å². The summed E-state index contributed by atoms with van der Waals surface area (Å²) >= 11 is 0. The summed E-state index contributed by atoms with van der Waals surface area (Å²) in [6, 6.07) is 18.5. The van der Waals surface area contributed by atoms with Crippen molar-refractivity contribution in [3.8, 4) is 11.5 Å². The highest BCUT2D eigenvalue weighted by Crippen LogP contribution is 2.27. The van der Waals surface area contributed by atoms with Gasteiger partial charge in [-0.05, 0) is 23.8 Å². The Hall–Kier alpha value is -3.87. The lowest BCUT2D eigenvalue weighted by molar-refractivity contribution is 0.0690. The molecule has 0 aliphatic heterocycles. The minimum atomic E-state index is -1.11. The Morgan fingerprint density at radius 1 is 1.07 bits per heavy atom. The van der Waals surface area contributed by atoms with E-state index in [-0.39, 0.29) is 5.69 Å². The highest BCUT2D eigenvalue weighted by atomic mass is 16.5. The van der Waals surface area contributed by atoms with Crippen LogP contribution in [0.25, 0.3) is 11.1 Å². The maximum Gasteiger partial charge on any atom is 0.354 e. The number of ether oxygens (including phenoxy) is 1. The molecule has 0 fully saturated rings. The average molecular weight is 361 g/mol. The summed E-state index contributed by atoms with van der Waals surface area (Å²) in [4.78, 5) is 19.2. The summed E-state index contributed by atoms with van der Waals surface area (Å²) in [5.74, 6) is -0.222. The van der Waals surface area contributed by atoms with Crippen LogP contribution in [-0.2, 0) is 6.54 Å². The van der Waals surface area contributed by atoms with E-state index in [9.17, 15) is 4.79 Å². The molecule has 0 bridgehead atoms. The number of aromatic carboxylic acids is 1. The Kier molecular flexibility index (Phi) is 4.40. The van der Waals surface area contributed by atoms with Crippen LogP contribution in [0.3, 0.4) is 0 Å². The number of oxazole rings is 1. The second kappa shape index (κ2) is 7.17. The first-order valence-electron chi connectivity index (χ1n) is 8.23. The molecule has 0 saturated heterocycles. The number of carboxylic acids is 1. The molecule has 2 N–H and O–H groups in total. The van der Waals surface area contributed by atoms with Gasteiger partial charge in [0, 0.05) is 24.9 Å². The van der Waals surface area contributed by atoms with Gasteiger partial charge in [0.25, 0.3) is 6.01 Å². The number of fused-ring (bicyclic) bond motifs is 1. The number of benzene rings is 2. The molecule has 0 atom stereocenters. The van der Waals surface area contributed by atoms with Gasteiger partial charge in [-0.3, -0.25) is 0 Å². The van der Waals surface area contributed by atoms with Crippen LogP contribution in [0.15, 0.2) is 71.3 Å². The lowest BCUT2D eigenvalue weighted by Crippen LogP contribution is -1.99. The second-order valence-corrected chi connectivity index (χ2v) is 5.77. The van der Waals surface area contributed by atoms with Gasteiger partial charge in [-0.2, -0.15) is 4.98 Å².